The van der Waals surface area contributed by atoms with Gasteiger partial charge in [-0.1, -0.05) is 60.7 Å². The van der Waals surface area contributed by atoms with Gasteiger partial charge in [0.15, 0.2) is 0 Å². The molecule has 0 saturated heterocycles. The van der Waals surface area contributed by atoms with Crippen LogP contribution in [0.5, 0.6) is 0 Å². The molecule has 1 aromatic heterocycles. The van der Waals surface area contributed by atoms with Crippen molar-refractivity contribution in [1.29, 1.82) is 0 Å². The van der Waals surface area contributed by atoms with Crippen LogP contribution in [0.1, 0.15) is 22.2 Å². The lowest BCUT2D eigenvalue weighted by atomic mass is 10.1. The third-order valence-corrected chi connectivity index (χ3v) is 4.17. The van der Waals surface area contributed by atoms with Gasteiger partial charge in [-0.2, -0.15) is 5.10 Å². The van der Waals surface area contributed by atoms with Crippen molar-refractivity contribution in [1.82, 2.24) is 20.4 Å². The number of nitrogens with zero attached hydrogens (tertiary/aromatic N) is 2. The molecule has 0 fully saturated rings. The summed E-state index contributed by atoms with van der Waals surface area (Å²) in [4.78, 5) is 12.2. The Kier molecular flexibility index (Phi) is 3.84. The number of benzene rings is 2. The molecule has 5 nitrogen and oxygen atoms in total. The van der Waals surface area contributed by atoms with Crippen LogP contribution in [0.3, 0.4) is 0 Å². The SMILES string of the molecule is O=C1NCC(NCc2ccccc2)n2nc(-c3ccccc3)cc21. The summed E-state index contributed by atoms with van der Waals surface area (Å²) in [6.07, 6.45) is -0.0598. The van der Waals surface area contributed by atoms with E-state index in [0.717, 1.165) is 17.8 Å². The van der Waals surface area contributed by atoms with E-state index in [1.807, 2.05) is 54.6 Å². The molecule has 2 heterocycles. The minimum absolute atomic E-state index is 0.0598. The van der Waals surface area contributed by atoms with Crippen molar-refractivity contribution in [3.8, 4) is 11.3 Å². The normalized spacial score (nSPS) is 16.5. The highest BCUT2D eigenvalue weighted by atomic mass is 16.2. The molecule has 0 aliphatic carbocycles. The van der Waals surface area contributed by atoms with Crippen LogP contribution < -0.4 is 10.6 Å². The second kappa shape index (κ2) is 6.29. The Balaban J connectivity index is 1.60. The summed E-state index contributed by atoms with van der Waals surface area (Å²) in [5, 5.41) is 11.1. The van der Waals surface area contributed by atoms with Gasteiger partial charge in [-0.15, -0.1) is 0 Å². The maximum absolute atomic E-state index is 12.2. The van der Waals surface area contributed by atoms with Crippen molar-refractivity contribution in [2.45, 2.75) is 12.7 Å². The van der Waals surface area contributed by atoms with Crippen LogP contribution in [0.4, 0.5) is 0 Å². The maximum Gasteiger partial charge on any atom is 0.269 e. The third-order valence-electron chi connectivity index (χ3n) is 4.17. The molecule has 1 aliphatic heterocycles. The minimum Gasteiger partial charge on any atom is -0.347 e. The summed E-state index contributed by atoms with van der Waals surface area (Å²) < 4.78 is 1.80. The number of carbonyl (C=O) groups is 1. The second-order valence-electron chi connectivity index (χ2n) is 5.82. The number of hydrogen-bond acceptors (Lipinski definition) is 3. The van der Waals surface area contributed by atoms with Crippen LogP contribution in [-0.2, 0) is 6.54 Å². The quantitative estimate of drug-likeness (QED) is 0.777. The predicted molar refractivity (Wildman–Crippen MR) is 92.3 cm³/mol. The van der Waals surface area contributed by atoms with Crippen LogP contribution >= 0.6 is 0 Å². The van der Waals surface area contributed by atoms with Crippen molar-refractivity contribution >= 4 is 5.91 Å². The third kappa shape index (κ3) is 2.81. The molecule has 2 N–H and O–H groups in total. The van der Waals surface area contributed by atoms with E-state index in [4.69, 9.17) is 0 Å². The summed E-state index contributed by atoms with van der Waals surface area (Å²) in [6, 6.07) is 22.0. The highest BCUT2D eigenvalue weighted by Gasteiger charge is 2.27. The summed E-state index contributed by atoms with van der Waals surface area (Å²) >= 11 is 0. The van der Waals surface area contributed by atoms with Gasteiger partial charge >= 0.3 is 0 Å². The van der Waals surface area contributed by atoms with Gasteiger partial charge in [-0.3, -0.25) is 10.1 Å². The Morgan fingerprint density at radius 1 is 1.08 bits per heavy atom. The Morgan fingerprint density at radius 2 is 1.79 bits per heavy atom. The molecule has 0 saturated carbocycles. The Bertz CT molecular complexity index is 842. The molecule has 0 spiro atoms. The number of nitrogens with one attached hydrogen (secondary N) is 2. The lowest BCUT2D eigenvalue weighted by Crippen LogP contribution is -2.45. The highest BCUT2D eigenvalue weighted by Crippen LogP contribution is 2.22. The zero-order valence-corrected chi connectivity index (χ0v) is 13.1. The molecule has 120 valence electrons. The maximum atomic E-state index is 12.2. The van der Waals surface area contributed by atoms with Gasteiger partial charge in [0, 0.05) is 12.1 Å². The molecule has 24 heavy (non-hydrogen) atoms. The lowest BCUT2D eigenvalue weighted by molar-refractivity contribution is 0.0900. The number of amides is 1. The van der Waals surface area contributed by atoms with Crippen molar-refractivity contribution in [2.24, 2.45) is 0 Å². The molecule has 0 bridgehead atoms. The van der Waals surface area contributed by atoms with Gasteiger partial charge < -0.3 is 5.32 Å². The van der Waals surface area contributed by atoms with Crippen molar-refractivity contribution in [3.63, 3.8) is 0 Å². The van der Waals surface area contributed by atoms with Gasteiger partial charge in [0.1, 0.15) is 11.9 Å². The first-order valence-electron chi connectivity index (χ1n) is 8.02. The molecule has 3 aromatic rings. The number of carbonyl (C=O) groups excluding carboxylic acids is 1. The first-order valence-corrected chi connectivity index (χ1v) is 8.02. The van der Waals surface area contributed by atoms with Gasteiger partial charge in [-0.05, 0) is 11.6 Å². The fourth-order valence-electron chi connectivity index (χ4n) is 2.91. The monoisotopic (exact) mass is 318 g/mol. The van der Waals surface area contributed by atoms with Crippen molar-refractivity contribution in [3.05, 3.63) is 78.0 Å². The van der Waals surface area contributed by atoms with Gasteiger partial charge in [0.05, 0.1) is 12.2 Å². The Morgan fingerprint density at radius 3 is 2.54 bits per heavy atom. The molecular weight excluding hydrogens is 300 g/mol. The second-order valence-corrected chi connectivity index (χ2v) is 5.82. The van der Waals surface area contributed by atoms with Crippen LogP contribution in [0, 0.1) is 0 Å². The standard InChI is InChI=1S/C19H18N4O/c24-19-17-11-16(15-9-5-2-6-10-15)22-23(17)18(13-21-19)20-12-14-7-3-1-4-8-14/h1-11,18,20H,12-13H2,(H,21,24). The smallest absolute Gasteiger partial charge is 0.269 e. The topological polar surface area (TPSA) is 59.0 Å². The minimum atomic E-state index is -0.0811. The van der Waals surface area contributed by atoms with Crippen LogP contribution in [0.25, 0.3) is 11.3 Å². The van der Waals surface area contributed by atoms with E-state index >= 15 is 0 Å². The zero-order valence-electron chi connectivity index (χ0n) is 13.1. The fourth-order valence-corrected chi connectivity index (χ4v) is 2.91. The van der Waals surface area contributed by atoms with E-state index in [0.29, 0.717) is 12.2 Å². The molecular formula is C19H18N4O. The number of aromatic nitrogens is 2. The average molecular weight is 318 g/mol. The van der Waals surface area contributed by atoms with E-state index < -0.39 is 0 Å². The average Bonchev–Trinajstić information content (AvgIpc) is 3.09. The van der Waals surface area contributed by atoms with E-state index in [-0.39, 0.29) is 12.1 Å². The molecule has 1 atom stereocenters. The summed E-state index contributed by atoms with van der Waals surface area (Å²) in [5.41, 5.74) is 3.61. The van der Waals surface area contributed by atoms with Crippen molar-refractivity contribution in [2.75, 3.05) is 6.54 Å². The molecule has 1 aliphatic rings. The van der Waals surface area contributed by atoms with Crippen molar-refractivity contribution < 1.29 is 4.79 Å². The number of hydrogen-bond donors (Lipinski definition) is 2. The van der Waals surface area contributed by atoms with Gasteiger partial charge in [-0.25, -0.2) is 4.68 Å². The molecule has 5 heteroatoms. The summed E-state index contributed by atoms with van der Waals surface area (Å²) in [5.74, 6) is -0.0811. The molecule has 1 amide bonds. The Hall–Kier alpha value is -2.92. The first-order chi connectivity index (χ1) is 11.8. The predicted octanol–water partition coefficient (Wildman–Crippen LogP) is 2.58. The number of rotatable bonds is 4. The van der Waals surface area contributed by atoms with Crippen LogP contribution in [-0.4, -0.2) is 22.2 Å². The van der Waals surface area contributed by atoms with Gasteiger partial charge in [0.2, 0.25) is 0 Å². The van der Waals surface area contributed by atoms with E-state index in [1.54, 1.807) is 4.68 Å². The largest absolute Gasteiger partial charge is 0.347 e. The zero-order chi connectivity index (χ0) is 16.4. The lowest BCUT2D eigenvalue weighted by Gasteiger charge is -2.25. The van der Waals surface area contributed by atoms with Crippen LogP contribution in [0.2, 0.25) is 0 Å². The Labute approximate surface area is 140 Å². The molecule has 0 radical (unpaired) electrons. The van der Waals surface area contributed by atoms with E-state index in [1.165, 1.54) is 5.56 Å². The number of fused-ring (bicyclic) bond motifs is 1. The summed E-state index contributed by atoms with van der Waals surface area (Å²) in [7, 11) is 0. The van der Waals surface area contributed by atoms with E-state index in [2.05, 4.69) is 27.9 Å². The first kappa shape index (κ1) is 14.7. The molecule has 2 aromatic carbocycles. The highest BCUT2D eigenvalue weighted by molar-refractivity contribution is 5.94. The molecule has 4 rings (SSSR count). The van der Waals surface area contributed by atoms with Crippen LogP contribution in [0.15, 0.2) is 66.7 Å². The summed E-state index contributed by atoms with van der Waals surface area (Å²) in [6.45, 7) is 1.25. The van der Waals surface area contributed by atoms with Gasteiger partial charge in [0.25, 0.3) is 5.91 Å². The fraction of sp³-hybridized carbons (Fsp3) is 0.158. The molecule has 1 unspecified atom stereocenters. The van der Waals surface area contributed by atoms with E-state index in [9.17, 15) is 4.79 Å².